The average Bonchev–Trinajstić information content (AvgIpc) is 2.60. The Balaban J connectivity index is 1.89. The molecule has 0 spiro atoms. The molecule has 3 N–H and O–H groups in total. The fourth-order valence-electron chi connectivity index (χ4n) is 2.27. The lowest BCUT2D eigenvalue weighted by atomic mass is 10.0. The van der Waals surface area contributed by atoms with Crippen molar-refractivity contribution in [1.29, 1.82) is 0 Å². The van der Waals surface area contributed by atoms with Crippen LogP contribution in [0.1, 0.15) is 24.9 Å². The van der Waals surface area contributed by atoms with E-state index in [1.807, 2.05) is 0 Å². The molecule has 1 aromatic carbocycles. The van der Waals surface area contributed by atoms with Crippen LogP contribution < -0.4 is 16.0 Å². The molecule has 0 saturated heterocycles. The molecule has 0 radical (unpaired) electrons. The highest BCUT2D eigenvalue weighted by atomic mass is 35.5. The Hall–Kier alpha value is -2.93. The molecule has 0 aliphatic heterocycles. The van der Waals surface area contributed by atoms with Gasteiger partial charge >= 0.3 is 0 Å². The van der Waals surface area contributed by atoms with Gasteiger partial charge in [0.05, 0.1) is 30.9 Å². The van der Waals surface area contributed by atoms with Crippen molar-refractivity contribution in [2.24, 2.45) is 0 Å². The summed E-state index contributed by atoms with van der Waals surface area (Å²) in [5.41, 5.74) is 1.29. The van der Waals surface area contributed by atoms with Crippen LogP contribution in [0.25, 0.3) is 0 Å². The Bertz CT molecular complexity index is 766. The first kappa shape index (κ1) is 19.4. The van der Waals surface area contributed by atoms with Crippen molar-refractivity contribution in [1.82, 2.24) is 15.6 Å². The topological polar surface area (TPSA) is 100 Å². The van der Waals surface area contributed by atoms with Crippen molar-refractivity contribution in [2.45, 2.75) is 19.4 Å². The van der Waals surface area contributed by atoms with Gasteiger partial charge in [-0.25, -0.2) is 0 Å². The van der Waals surface area contributed by atoms with E-state index in [4.69, 9.17) is 11.6 Å². The van der Waals surface area contributed by atoms with Crippen LogP contribution in [-0.4, -0.2) is 29.3 Å². The lowest BCUT2D eigenvalue weighted by Gasteiger charge is -2.18. The van der Waals surface area contributed by atoms with Crippen LogP contribution in [-0.2, 0) is 14.4 Å². The highest BCUT2D eigenvalue weighted by Crippen LogP contribution is 2.19. The number of aromatic nitrogens is 1. The number of amides is 3. The molecular formula is C18H19ClN4O3. The first-order valence-corrected chi connectivity index (χ1v) is 8.31. The summed E-state index contributed by atoms with van der Waals surface area (Å²) < 4.78 is 0. The highest BCUT2D eigenvalue weighted by Gasteiger charge is 2.17. The predicted molar refractivity (Wildman–Crippen MR) is 98.5 cm³/mol. The molecule has 1 unspecified atom stereocenters. The van der Waals surface area contributed by atoms with Gasteiger partial charge in [0.1, 0.15) is 0 Å². The van der Waals surface area contributed by atoms with E-state index in [0.29, 0.717) is 10.7 Å². The summed E-state index contributed by atoms with van der Waals surface area (Å²) >= 11 is 5.86. The summed E-state index contributed by atoms with van der Waals surface area (Å²) in [7, 11) is 0. The molecule has 2 aromatic rings. The number of pyridine rings is 1. The molecular weight excluding hydrogens is 356 g/mol. The smallest absolute Gasteiger partial charge is 0.243 e. The number of halogens is 1. The lowest BCUT2D eigenvalue weighted by molar-refractivity contribution is -0.125. The van der Waals surface area contributed by atoms with Crippen molar-refractivity contribution in [3.8, 4) is 0 Å². The Labute approximate surface area is 156 Å². The monoisotopic (exact) mass is 374 g/mol. The molecule has 2 rings (SSSR count). The van der Waals surface area contributed by atoms with Crippen LogP contribution in [0.4, 0.5) is 5.69 Å². The van der Waals surface area contributed by atoms with E-state index >= 15 is 0 Å². The normalized spacial score (nSPS) is 11.3. The zero-order chi connectivity index (χ0) is 18.9. The molecule has 0 bridgehead atoms. The van der Waals surface area contributed by atoms with E-state index < -0.39 is 6.04 Å². The largest absolute Gasteiger partial charge is 0.349 e. The zero-order valence-corrected chi connectivity index (χ0v) is 14.9. The summed E-state index contributed by atoms with van der Waals surface area (Å²) in [6.45, 7) is 1.20. The minimum atomic E-state index is -0.508. The minimum Gasteiger partial charge on any atom is -0.349 e. The van der Waals surface area contributed by atoms with E-state index in [9.17, 15) is 14.4 Å². The summed E-state index contributed by atoms with van der Waals surface area (Å²) in [4.78, 5) is 39.3. The third-order valence-corrected chi connectivity index (χ3v) is 3.68. The molecule has 1 heterocycles. The molecule has 26 heavy (non-hydrogen) atoms. The maximum Gasteiger partial charge on any atom is 0.243 e. The molecule has 3 amide bonds. The van der Waals surface area contributed by atoms with Gasteiger partial charge in [-0.15, -0.1) is 0 Å². The van der Waals surface area contributed by atoms with Crippen molar-refractivity contribution in [3.05, 3.63) is 59.4 Å². The number of nitrogens with zero attached hydrogens (tertiary/aromatic N) is 1. The van der Waals surface area contributed by atoms with E-state index in [2.05, 4.69) is 20.9 Å². The lowest BCUT2D eigenvalue weighted by Crippen LogP contribution is -2.36. The summed E-state index contributed by atoms with van der Waals surface area (Å²) in [5.74, 6) is -0.985. The fourth-order valence-corrected chi connectivity index (χ4v) is 2.40. The molecule has 136 valence electrons. The molecule has 0 aliphatic rings. The number of hydrogen-bond donors (Lipinski definition) is 3. The molecule has 0 fully saturated rings. The Morgan fingerprint density at radius 1 is 1.12 bits per heavy atom. The summed E-state index contributed by atoms with van der Waals surface area (Å²) in [5, 5.41) is 8.44. The summed E-state index contributed by atoms with van der Waals surface area (Å²) in [6.07, 6.45) is 3.10. The van der Waals surface area contributed by atoms with Crippen LogP contribution in [0.5, 0.6) is 0 Å². The van der Waals surface area contributed by atoms with Gasteiger partial charge in [0.15, 0.2) is 0 Å². The molecule has 7 nitrogen and oxygen atoms in total. The SMILES string of the molecule is CC(=O)NC(CC(=O)NCC(=O)Nc1cccnc1)c1ccc(Cl)cc1. The molecule has 1 aromatic heterocycles. The van der Waals surface area contributed by atoms with E-state index in [0.717, 1.165) is 5.56 Å². The second-order valence-electron chi connectivity index (χ2n) is 5.58. The predicted octanol–water partition coefficient (Wildman–Crippen LogP) is 2.06. The second-order valence-corrected chi connectivity index (χ2v) is 6.01. The highest BCUT2D eigenvalue weighted by molar-refractivity contribution is 6.30. The van der Waals surface area contributed by atoms with Crippen molar-refractivity contribution in [3.63, 3.8) is 0 Å². The van der Waals surface area contributed by atoms with E-state index in [-0.39, 0.29) is 30.7 Å². The number of nitrogens with one attached hydrogen (secondary N) is 3. The van der Waals surface area contributed by atoms with Crippen LogP contribution >= 0.6 is 11.6 Å². The number of hydrogen-bond acceptors (Lipinski definition) is 4. The number of anilines is 1. The third kappa shape index (κ3) is 6.52. The Morgan fingerprint density at radius 3 is 2.46 bits per heavy atom. The third-order valence-electron chi connectivity index (χ3n) is 3.43. The van der Waals surface area contributed by atoms with Crippen molar-refractivity contribution in [2.75, 3.05) is 11.9 Å². The standard InChI is InChI=1S/C18H19ClN4O3/c1-12(24)22-16(13-4-6-14(19)7-5-13)9-17(25)21-11-18(26)23-15-3-2-8-20-10-15/h2-8,10,16H,9,11H2,1H3,(H,21,25)(H,22,24)(H,23,26). The Morgan fingerprint density at radius 2 is 1.85 bits per heavy atom. The van der Waals surface area contributed by atoms with Crippen LogP contribution in [0.3, 0.4) is 0 Å². The molecule has 8 heteroatoms. The number of carbonyl (C=O) groups excluding carboxylic acids is 3. The van der Waals surface area contributed by atoms with Crippen LogP contribution in [0, 0.1) is 0 Å². The molecule has 0 saturated carbocycles. The van der Waals surface area contributed by atoms with Crippen molar-refractivity contribution < 1.29 is 14.4 Å². The second kappa shape index (κ2) is 9.53. The first-order valence-electron chi connectivity index (χ1n) is 7.93. The number of benzene rings is 1. The van der Waals surface area contributed by atoms with Crippen LogP contribution in [0.15, 0.2) is 48.8 Å². The molecule has 0 aliphatic carbocycles. The maximum absolute atomic E-state index is 12.2. The number of carbonyl (C=O) groups is 3. The van der Waals surface area contributed by atoms with Crippen LogP contribution in [0.2, 0.25) is 5.02 Å². The number of rotatable bonds is 7. The van der Waals surface area contributed by atoms with Crippen molar-refractivity contribution >= 4 is 35.0 Å². The van der Waals surface area contributed by atoms with Gasteiger partial charge in [-0.3, -0.25) is 19.4 Å². The van der Waals surface area contributed by atoms with Gasteiger partial charge in [0.2, 0.25) is 17.7 Å². The van der Waals surface area contributed by atoms with Gasteiger partial charge in [0, 0.05) is 18.1 Å². The quantitative estimate of drug-likeness (QED) is 0.690. The zero-order valence-electron chi connectivity index (χ0n) is 14.2. The Kier molecular flexibility index (Phi) is 7.11. The van der Waals surface area contributed by atoms with Gasteiger partial charge in [-0.1, -0.05) is 23.7 Å². The van der Waals surface area contributed by atoms with E-state index in [1.54, 1.807) is 42.6 Å². The van der Waals surface area contributed by atoms with Gasteiger partial charge in [-0.2, -0.15) is 0 Å². The maximum atomic E-state index is 12.2. The first-order chi connectivity index (χ1) is 12.4. The van der Waals surface area contributed by atoms with Gasteiger partial charge in [0.25, 0.3) is 0 Å². The minimum absolute atomic E-state index is 0.00137. The van der Waals surface area contributed by atoms with Gasteiger partial charge in [-0.05, 0) is 29.8 Å². The molecule has 1 atom stereocenters. The fraction of sp³-hybridized carbons (Fsp3) is 0.222. The van der Waals surface area contributed by atoms with E-state index in [1.165, 1.54) is 13.1 Å². The average molecular weight is 375 g/mol. The van der Waals surface area contributed by atoms with Gasteiger partial charge < -0.3 is 16.0 Å². The summed E-state index contributed by atoms with van der Waals surface area (Å²) in [6, 6.07) is 9.73.